The zero-order valence-corrected chi connectivity index (χ0v) is 18.2. The summed E-state index contributed by atoms with van der Waals surface area (Å²) in [5.41, 5.74) is 2.18. The van der Waals surface area contributed by atoms with Gasteiger partial charge in [0.2, 0.25) is 5.91 Å². The van der Waals surface area contributed by atoms with Gasteiger partial charge in [-0.3, -0.25) is 23.6 Å². The van der Waals surface area contributed by atoms with Gasteiger partial charge in [0.25, 0.3) is 11.5 Å². The van der Waals surface area contributed by atoms with Crippen LogP contribution in [0.3, 0.4) is 0 Å². The minimum atomic E-state index is -0.308. The lowest BCUT2D eigenvalue weighted by molar-refractivity contribution is -0.116. The van der Waals surface area contributed by atoms with Crippen molar-refractivity contribution in [2.45, 2.75) is 19.4 Å². The van der Waals surface area contributed by atoms with E-state index in [1.54, 1.807) is 31.3 Å². The minimum Gasteiger partial charge on any atom is -0.352 e. The van der Waals surface area contributed by atoms with E-state index in [0.29, 0.717) is 35.2 Å². The van der Waals surface area contributed by atoms with Gasteiger partial charge in [-0.1, -0.05) is 42.5 Å². The van der Waals surface area contributed by atoms with Gasteiger partial charge < -0.3 is 10.6 Å². The normalized spacial score (nSPS) is 10.8. The molecular weight excluding hydrogens is 420 g/mol. The molecule has 0 radical (unpaired) electrons. The molecular formula is C24H24N6O3. The van der Waals surface area contributed by atoms with Crippen molar-refractivity contribution in [2.24, 2.45) is 7.05 Å². The third kappa shape index (κ3) is 5.15. The molecule has 0 aliphatic heterocycles. The maximum Gasteiger partial charge on any atom is 0.264 e. The fraction of sp³-hybridized carbons (Fsp3) is 0.208. The van der Waals surface area contributed by atoms with Crippen molar-refractivity contribution < 1.29 is 9.59 Å². The van der Waals surface area contributed by atoms with E-state index in [4.69, 9.17) is 0 Å². The molecule has 4 aromatic rings. The molecule has 0 spiro atoms. The molecule has 2 aromatic carbocycles. The number of para-hydroxylation sites is 1. The molecule has 2 heterocycles. The Morgan fingerprint density at radius 2 is 1.79 bits per heavy atom. The molecule has 2 aromatic heterocycles. The van der Waals surface area contributed by atoms with Crippen LogP contribution >= 0.6 is 0 Å². The Hall–Kier alpha value is -4.27. The van der Waals surface area contributed by atoms with Gasteiger partial charge in [-0.05, 0) is 24.1 Å². The number of anilines is 1. The Morgan fingerprint density at radius 3 is 2.61 bits per heavy atom. The van der Waals surface area contributed by atoms with Crippen molar-refractivity contribution in [3.63, 3.8) is 0 Å². The highest BCUT2D eigenvalue weighted by Crippen LogP contribution is 2.15. The average molecular weight is 444 g/mol. The predicted molar refractivity (Wildman–Crippen MR) is 125 cm³/mol. The number of benzene rings is 2. The van der Waals surface area contributed by atoms with E-state index in [0.717, 1.165) is 5.56 Å². The molecule has 0 saturated heterocycles. The molecule has 0 unspecified atom stereocenters. The highest BCUT2D eigenvalue weighted by Gasteiger charge is 2.14. The number of aryl methyl sites for hydroxylation is 2. The SMILES string of the molecule is Cn1ncc2c(=O)n(CCC(=O)Nc3ccccc3C(=O)NCCc3ccccc3)cnc21. The molecule has 4 rings (SSSR count). The van der Waals surface area contributed by atoms with Crippen molar-refractivity contribution in [3.05, 3.63) is 88.6 Å². The highest BCUT2D eigenvalue weighted by atomic mass is 16.2. The van der Waals surface area contributed by atoms with Gasteiger partial charge in [0.15, 0.2) is 5.65 Å². The first-order valence-electron chi connectivity index (χ1n) is 10.6. The minimum absolute atomic E-state index is 0.0529. The van der Waals surface area contributed by atoms with Crippen LogP contribution in [0.25, 0.3) is 11.0 Å². The van der Waals surface area contributed by atoms with Crippen LogP contribution in [0.1, 0.15) is 22.3 Å². The number of amides is 2. The Bertz CT molecular complexity index is 1340. The second-order valence-corrected chi connectivity index (χ2v) is 7.58. The third-order valence-electron chi connectivity index (χ3n) is 5.29. The van der Waals surface area contributed by atoms with Crippen LogP contribution in [0, 0.1) is 0 Å². The van der Waals surface area contributed by atoms with Crippen molar-refractivity contribution in [1.29, 1.82) is 0 Å². The molecule has 9 heteroatoms. The fourth-order valence-electron chi connectivity index (χ4n) is 3.51. The first kappa shape index (κ1) is 21.9. The van der Waals surface area contributed by atoms with Gasteiger partial charge in [0.05, 0.1) is 23.8 Å². The van der Waals surface area contributed by atoms with Gasteiger partial charge >= 0.3 is 0 Å². The van der Waals surface area contributed by atoms with Crippen molar-refractivity contribution in [2.75, 3.05) is 11.9 Å². The van der Waals surface area contributed by atoms with Crippen LogP contribution in [0.4, 0.5) is 5.69 Å². The van der Waals surface area contributed by atoms with Crippen LogP contribution in [0.15, 0.2) is 71.9 Å². The van der Waals surface area contributed by atoms with Crippen LogP contribution < -0.4 is 16.2 Å². The summed E-state index contributed by atoms with van der Waals surface area (Å²) in [6.07, 6.45) is 3.64. The van der Waals surface area contributed by atoms with E-state index in [2.05, 4.69) is 20.7 Å². The number of nitrogens with one attached hydrogen (secondary N) is 2. The molecule has 0 aliphatic rings. The third-order valence-corrected chi connectivity index (χ3v) is 5.29. The molecule has 2 amide bonds. The van der Waals surface area contributed by atoms with E-state index in [1.165, 1.54) is 21.8 Å². The summed E-state index contributed by atoms with van der Waals surface area (Å²) >= 11 is 0. The molecule has 2 N–H and O–H groups in total. The van der Waals surface area contributed by atoms with E-state index < -0.39 is 0 Å². The zero-order chi connectivity index (χ0) is 23.2. The van der Waals surface area contributed by atoms with Crippen molar-refractivity contribution in [1.82, 2.24) is 24.6 Å². The predicted octanol–water partition coefficient (Wildman–Crippen LogP) is 2.13. The summed E-state index contributed by atoms with van der Waals surface area (Å²) in [5.74, 6) is -0.568. The van der Waals surface area contributed by atoms with E-state index in [-0.39, 0.29) is 30.3 Å². The van der Waals surface area contributed by atoms with Crippen LogP contribution in [0.5, 0.6) is 0 Å². The highest BCUT2D eigenvalue weighted by molar-refractivity contribution is 6.03. The van der Waals surface area contributed by atoms with Gasteiger partial charge in [-0.15, -0.1) is 0 Å². The lowest BCUT2D eigenvalue weighted by atomic mass is 10.1. The Kier molecular flexibility index (Phi) is 6.58. The smallest absolute Gasteiger partial charge is 0.264 e. The number of hydrogen-bond acceptors (Lipinski definition) is 5. The standard InChI is InChI=1S/C24H24N6O3/c1-29-22-19(15-27-29)24(33)30(16-26-22)14-12-21(31)28-20-10-6-5-9-18(20)23(32)25-13-11-17-7-3-2-4-8-17/h2-10,15-16H,11-14H2,1H3,(H,25,32)(H,28,31). The molecule has 168 valence electrons. The number of aromatic nitrogens is 4. The van der Waals surface area contributed by atoms with E-state index in [9.17, 15) is 14.4 Å². The second kappa shape index (κ2) is 9.90. The van der Waals surface area contributed by atoms with Crippen LogP contribution in [0.2, 0.25) is 0 Å². The maximum atomic E-state index is 12.7. The van der Waals surface area contributed by atoms with Crippen molar-refractivity contribution in [3.8, 4) is 0 Å². The van der Waals surface area contributed by atoms with Crippen LogP contribution in [-0.2, 0) is 24.8 Å². The largest absolute Gasteiger partial charge is 0.352 e. The topological polar surface area (TPSA) is 111 Å². The summed E-state index contributed by atoms with van der Waals surface area (Å²) in [7, 11) is 1.71. The molecule has 0 bridgehead atoms. The number of fused-ring (bicyclic) bond motifs is 1. The number of hydrogen-bond donors (Lipinski definition) is 2. The molecule has 0 saturated carbocycles. The summed E-state index contributed by atoms with van der Waals surface area (Å²) in [6.45, 7) is 0.645. The molecule has 33 heavy (non-hydrogen) atoms. The van der Waals surface area contributed by atoms with E-state index >= 15 is 0 Å². The summed E-state index contributed by atoms with van der Waals surface area (Å²) in [5, 5.41) is 10.1. The van der Waals surface area contributed by atoms with Crippen molar-refractivity contribution >= 4 is 28.5 Å². The first-order chi connectivity index (χ1) is 16.0. The lowest BCUT2D eigenvalue weighted by Gasteiger charge is -2.12. The molecule has 0 atom stereocenters. The molecule has 0 fully saturated rings. The maximum absolute atomic E-state index is 12.7. The van der Waals surface area contributed by atoms with E-state index in [1.807, 2.05) is 30.3 Å². The number of carbonyl (C=O) groups is 2. The van der Waals surface area contributed by atoms with Gasteiger partial charge in [-0.2, -0.15) is 5.10 Å². The van der Waals surface area contributed by atoms with Gasteiger partial charge in [0.1, 0.15) is 5.39 Å². The summed E-state index contributed by atoms with van der Waals surface area (Å²) in [6, 6.07) is 16.7. The second-order valence-electron chi connectivity index (χ2n) is 7.58. The number of nitrogens with zero attached hydrogens (tertiary/aromatic N) is 4. The zero-order valence-electron chi connectivity index (χ0n) is 18.2. The Labute approximate surface area is 190 Å². The lowest BCUT2D eigenvalue weighted by Crippen LogP contribution is -2.27. The number of rotatable bonds is 8. The first-order valence-corrected chi connectivity index (χ1v) is 10.6. The average Bonchev–Trinajstić information content (AvgIpc) is 3.21. The fourth-order valence-corrected chi connectivity index (χ4v) is 3.51. The quantitative estimate of drug-likeness (QED) is 0.433. The summed E-state index contributed by atoms with van der Waals surface area (Å²) < 4.78 is 2.90. The number of carbonyl (C=O) groups excluding carboxylic acids is 2. The van der Waals surface area contributed by atoms with Gasteiger partial charge in [-0.25, -0.2) is 4.98 Å². The monoisotopic (exact) mass is 444 g/mol. The molecule has 0 aliphatic carbocycles. The Morgan fingerprint density at radius 1 is 1.03 bits per heavy atom. The summed E-state index contributed by atoms with van der Waals surface area (Å²) in [4.78, 5) is 42.0. The van der Waals surface area contributed by atoms with Gasteiger partial charge in [0, 0.05) is 26.6 Å². The van der Waals surface area contributed by atoms with Crippen LogP contribution in [-0.4, -0.2) is 37.7 Å². The Balaban J connectivity index is 1.36. The molecule has 9 nitrogen and oxygen atoms in total.